The van der Waals surface area contributed by atoms with Crippen LogP contribution in [-0.4, -0.2) is 49.2 Å². The van der Waals surface area contributed by atoms with Crippen molar-refractivity contribution >= 4 is 0 Å². The first-order valence-electron chi connectivity index (χ1n) is 8.36. The molecule has 25 heavy (non-hydrogen) atoms. The topological polar surface area (TPSA) is 71.8 Å². The first kappa shape index (κ1) is 16.1. The summed E-state index contributed by atoms with van der Waals surface area (Å²) in [7, 11) is 1.65. The molecule has 0 radical (unpaired) electrons. The first-order chi connectivity index (χ1) is 12.2. The molecule has 1 aromatic heterocycles. The van der Waals surface area contributed by atoms with E-state index in [-0.39, 0.29) is 11.8 Å². The van der Waals surface area contributed by atoms with Crippen LogP contribution in [0.25, 0.3) is 11.3 Å². The number of aromatic nitrogens is 2. The Bertz CT molecular complexity index is 827. The van der Waals surface area contributed by atoms with Crippen LogP contribution >= 0.6 is 0 Å². The number of rotatable bonds is 4. The summed E-state index contributed by atoms with van der Waals surface area (Å²) in [6, 6.07) is 7.70. The minimum atomic E-state index is -0.296. The maximum atomic E-state index is 12.4. The maximum absolute atomic E-state index is 12.4. The van der Waals surface area contributed by atoms with E-state index < -0.39 is 0 Å². The standard InChI is InChI=1S/C18H20N2O5/c1-22-13-2-3-15-12(8-13)4-5-20-16(15)9-17(19-18(20)21)25-11-14-10-23-6-7-24-14/h2-3,8-9,14H,4-7,10-11H2,1H3. The van der Waals surface area contributed by atoms with Crippen LogP contribution in [0.2, 0.25) is 0 Å². The van der Waals surface area contributed by atoms with Crippen LogP contribution in [0.5, 0.6) is 11.6 Å². The molecule has 7 nitrogen and oxygen atoms in total. The Hall–Kier alpha value is -2.38. The average Bonchev–Trinajstić information content (AvgIpc) is 2.66. The van der Waals surface area contributed by atoms with Gasteiger partial charge in [0, 0.05) is 18.2 Å². The van der Waals surface area contributed by atoms with Gasteiger partial charge in [-0.3, -0.25) is 4.57 Å². The molecule has 2 aromatic rings. The van der Waals surface area contributed by atoms with Crippen LogP contribution < -0.4 is 15.2 Å². The third-order valence-corrected chi connectivity index (χ3v) is 4.48. The van der Waals surface area contributed by atoms with Gasteiger partial charge in [-0.05, 0) is 30.2 Å². The van der Waals surface area contributed by atoms with Crippen molar-refractivity contribution in [1.29, 1.82) is 0 Å². The summed E-state index contributed by atoms with van der Waals surface area (Å²) in [6.45, 7) is 2.57. The Labute approximate surface area is 145 Å². The van der Waals surface area contributed by atoms with Gasteiger partial charge in [-0.25, -0.2) is 4.79 Å². The van der Waals surface area contributed by atoms with E-state index in [0.29, 0.717) is 38.9 Å². The fourth-order valence-electron chi connectivity index (χ4n) is 3.20. The Morgan fingerprint density at radius 2 is 2.24 bits per heavy atom. The molecule has 2 aliphatic rings. The Kier molecular flexibility index (Phi) is 4.42. The zero-order valence-corrected chi connectivity index (χ0v) is 14.1. The van der Waals surface area contributed by atoms with Gasteiger partial charge in [-0.2, -0.15) is 4.98 Å². The van der Waals surface area contributed by atoms with Crippen molar-refractivity contribution in [2.45, 2.75) is 19.1 Å². The number of hydrogen-bond acceptors (Lipinski definition) is 6. The minimum absolute atomic E-state index is 0.133. The number of aryl methyl sites for hydroxylation is 1. The third-order valence-electron chi connectivity index (χ3n) is 4.48. The highest BCUT2D eigenvalue weighted by molar-refractivity contribution is 5.67. The van der Waals surface area contributed by atoms with Crippen LogP contribution in [0.15, 0.2) is 29.1 Å². The molecule has 1 aromatic carbocycles. The normalized spacial score (nSPS) is 19.0. The second-order valence-corrected chi connectivity index (χ2v) is 6.07. The van der Waals surface area contributed by atoms with Gasteiger partial charge in [0.2, 0.25) is 5.88 Å². The highest BCUT2D eigenvalue weighted by atomic mass is 16.6. The minimum Gasteiger partial charge on any atom is -0.497 e. The molecular weight excluding hydrogens is 324 g/mol. The third kappa shape index (κ3) is 3.25. The van der Waals surface area contributed by atoms with E-state index in [1.54, 1.807) is 11.7 Å². The highest BCUT2D eigenvalue weighted by Crippen LogP contribution is 2.32. The largest absolute Gasteiger partial charge is 0.497 e. The predicted molar refractivity (Wildman–Crippen MR) is 90.2 cm³/mol. The smallest absolute Gasteiger partial charge is 0.351 e. The molecular formula is C18H20N2O5. The fraction of sp³-hybridized carbons (Fsp3) is 0.444. The monoisotopic (exact) mass is 344 g/mol. The van der Waals surface area contributed by atoms with E-state index >= 15 is 0 Å². The lowest BCUT2D eigenvalue weighted by Crippen LogP contribution is -2.34. The van der Waals surface area contributed by atoms with E-state index in [2.05, 4.69) is 4.98 Å². The van der Waals surface area contributed by atoms with E-state index in [1.807, 2.05) is 24.3 Å². The van der Waals surface area contributed by atoms with Crippen molar-refractivity contribution in [2.75, 3.05) is 33.5 Å². The summed E-state index contributed by atoms with van der Waals surface area (Å²) in [4.78, 5) is 16.4. The average molecular weight is 344 g/mol. The van der Waals surface area contributed by atoms with Crippen LogP contribution in [0, 0.1) is 0 Å². The molecule has 1 fully saturated rings. The summed E-state index contributed by atoms with van der Waals surface area (Å²) >= 11 is 0. The molecule has 1 atom stereocenters. The molecule has 4 rings (SSSR count). The quantitative estimate of drug-likeness (QED) is 0.832. The zero-order chi connectivity index (χ0) is 17.2. The lowest BCUT2D eigenvalue weighted by molar-refractivity contribution is -0.102. The van der Waals surface area contributed by atoms with E-state index in [9.17, 15) is 4.79 Å². The molecule has 1 unspecified atom stereocenters. The summed E-state index contributed by atoms with van der Waals surface area (Å²) in [5.41, 5.74) is 2.68. The van der Waals surface area contributed by atoms with Gasteiger partial charge in [-0.15, -0.1) is 0 Å². The second kappa shape index (κ2) is 6.85. The van der Waals surface area contributed by atoms with Gasteiger partial charge in [-0.1, -0.05) is 0 Å². The van der Waals surface area contributed by atoms with E-state index in [0.717, 1.165) is 29.0 Å². The molecule has 0 saturated carbocycles. The van der Waals surface area contributed by atoms with Gasteiger partial charge >= 0.3 is 5.69 Å². The van der Waals surface area contributed by atoms with Crippen molar-refractivity contribution in [3.8, 4) is 22.9 Å². The Morgan fingerprint density at radius 1 is 1.32 bits per heavy atom. The van der Waals surface area contributed by atoms with Crippen molar-refractivity contribution in [1.82, 2.24) is 9.55 Å². The van der Waals surface area contributed by atoms with E-state index in [4.69, 9.17) is 18.9 Å². The number of ether oxygens (including phenoxy) is 4. The molecule has 1 saturated heterocycles. The zero-order valence-electron chi connectivity index (χ0n) is 14.1. The molecule has 0 amide bonds. The molecule has 7 heteroatoms. The fourth-order valence-corrected chi connectivity index (χ4v) is 3.20. The number of fused-ring (bicyclic) bond motifs is 3. The molecule has 132 valence electrons. The SMILES string of the molecule is COc1ccc2c(c1)CCn1c-2cc(OCC2COCCO2)nc1=O. The Balaban J connectivity index is 1.61. The predicted octanol–water partition coefficient (Wildman–Crippen LogP) is 1.27. The summed E-state index contributed by atoms with van der Waals surface area (Å²) < 4.78 is 23.6. The number of benzene rings is 1. The number of methoxy groups -OCH3 is 1. The molecule has 0 spiro atoms. The lowest BCUT2D eigenvalue weighted by Gasteiger charge is -2.24. The van der Waals surface area contributed by atoms with Gasteiger partial charge in [0.1, 0.15) is 18.5 Å². The number of nitrogens with zero attached hydrogens (tertiary/aromatic N) is 2. The van der Waals surface area contributed by atoms with Crippen molar-refractivity contribution in [2.24, 2.45) is 0 Å². The first-order valence-corrected chi connectivity index (χ1v) is 8.36. The maximum Gasteiger partial charge on any atom is 0.351 e. The summed E-state index contributed by atoms with van der Waals surface area (Å²) in [5, 5.41) is 0. The van der Waals surface area contributed by atoms with Crippen molar-refractivity contribution < 1.29 is 18.9 Å². The Morgan fingerprint density at radius 3 is 3.04 bits per heavy atom. The molecule has 0 N–H and O–H groups in total. The summed E-state index contributed by atoms with van der Waals surface area (Å²) in [6.07, 6.45) is 0.639. The molecule has 2 aliphatic heterocycles. The van der Waals surface area contributed by atoms with Crippen LogP contribution in [0.1, 0.15) is 5.56 Å². The molecule has 0 aliphatic carbocycles. The van der Waals surface area contributed by atoms with Crippen LogP contribution in [-0.2, 0) is 22.4 Å². The molecule has 3 heterocycles. The highest BCUT2D eigenvalue weighted by Gasteiger charge is 2.21. The van der Waals surface area contributed by atoms with Gasteiger partial charge in [0.05, 0.1) is 32.6 Å². The summed E-state index contributed by atoms with van der Waals surface area (Å²) in [5.74, 6) is 1.13. The van der Waals surface area contributed by atoms with E-state index in [1.165, 1.54) is 0 Å². The van der Waals surface area contributed by atoms with Crippen molar-refractivity contribution in [3.63, 3.8) is 0 Å². The van der Waals surface area contributed by atoms with Crippen LogP contribution in [0.4, 0.5) is 0 Å². The second-order valence-electron chi connectivity index (χ2n) is 6.07. The van der Waals surface area contributed by atoms with Gasteiger partial charge in [0.15, 0.2) is 0 Å². The van der Waals surface area contributed by atoms with Gasteiger partial charge in [0.25, 0.3) is 0 Å². The molecule has 0 bridgehead atoms. The number of hydrogen-bond donors (Lipinski definition) is 0. The van der Waals surface area contributed by atoms with Gasteiger partial charge < -0.3 is 18.9 Å². The lowest BCUT2D eigenvalue weighted by atomic mass is 9.97. The van der Waals surface area contributed by atoms with Crippen LogP contribution in [0.3, 0.4) is 0 Å². The van der Waals surface area contributed by atoms with Crippen molar-refractivity contribution in [3.05, 3.63) is 40.3 Å².